The minimum Gasteiger partial charge on any atom is -0.391 e. The van der Waals surface area contributed by atoms with Crippen LogP contribution < -0.4 is 5.32 Å². The fourth-order valence-corrected chi connectivity index (χ4v) is 3.62. The number of hydrogen-bond acceptors (Lipinski definition) is 3. The summed E-state index contributed by atoms with van der Waals surface area (Å²) in [6, 6.07) is 0.467. The predicted molar refractivity (Wildman–Crippen MR) is 73.0 cm³/mol. The second-order valence-corrected chi connectivity index (χ2v) is 6.78. The van der Waals surface area contributed by atoms with Gasteiger partial charge in [-0.3, -0.25) is 0 Å². The van der Waals surface area contributed by atoms with Crippen LogP contribution in [0.25, 0.3) is 0 Å². The first-order valence-corrected chi connectivity index (χ1v) is 7.66. The van der Waals surface area contributed by atoms with Crippen molar-refractivity contribution >= 4 is 11.8 Å². The summed E-state index contributed by atoms with van der Waals surface area (Å²) in [5.74, 6) is 1.77. The quantitative estimate of drug-likeness (QED) is 0.754. The fraction of sp³-hybridized carbons (Fsp3) is 1.00. The molecule has 96 valence electrons. The molecule has 1 rings (SSSR count). The van der Waals surface area contributed by atoms with Crippen LogP contribution in [0.3, 0.4) is 0 Å². The highest BCUT2D eigenvalue weighted by atomic mass is 32.2. The van der Waals surface area contributed by atoms with Gasteiger partial charge in [-0.05, 0) is 18.8 Å². The van der Waals surface area contributed by atoms with Gasteiger partial charge < -0.3 is 10.4 Å². The van der Waals surface area contributed by atoms with Gasteiger partial charge in [-0.25, -0.2) is 0 Å². The third-order valence-corrected chi connectivity index (χ3v) is 4.65. The maximum Gasteiger partial charge on any atom is 0.0755 e. The Kier molecular flexibility index (Phi) is 6.78. The van der Waals surface area contributed by atoms with E-state index in [0.29, 0.717) is 6.04 Å². The lowest BCUT2D eigenvalue weighted by Gasteiger charge is -2.27. The molecule has 1 aliphatic carbocycles. The van der Waals surface area contributed by atoms with Crippen molar-refractivity contribution in [3.8, 4) is 0 Å². The molecule has 0 saturated heterocycles. The van der Waals surface area contributed by atoms with Crippen molar-refractivity contribution in [1.82, 2.24) is 5.32 Å². The van der Waals surface area contributed by atoms with Crippen molar-refractivity contribution in [3.63, 3.8) is 0 Å². The summed E-state index contributed by atoms with van der Waals surface area (Å²) >= 11 is 1.97. The molecule has 1 fully saturated rings. The molecule has 0 aromatic carbocycles. The Morgan fingerprint density at radius 2 is 2.12 bits per heavy atom. The van der Waals surface area contributed by atoms with E-state index in [0.717, 1.165) is 23.5 Å². The first-order chi connectivity index (χ1) is 7.58. The number of aliphatic hydroxyl groups is 1. The van der Waals surface area contributed by atoms with Gasteiger partial charge in [0.2, 0.25) is 0 Å². The molecule has 3 unspecified atom stereocenters. The van der Waals surface area contributed by atoms with Crippen LogP contribution in [0.2, 0.25) is 0 Å². The molecule has 1 saturated carbocycles. The maximum absolute atomic E-state index is 9.81. The molecule has 0 bridgehead atoms. The number of rotatable bonds is 6. The van der Waals surface area contributed by atoms with Crippen LogP contribution in [0.15, 0.2) is 0 Å². The molecule has 3 atom stereocenters. The molecular weight excluding hydrogens is 218 g/mol. The molecule has 0 aromatic heterocycles. The number of aliphatic hydroxyl groups excluding tert-OH is 1. The molecule has 2 nitrogen and oxygen atoms in total. The van der Waals surface area contributed by atoms with Crippen molar-refractivity contribution in [3.05, 3.63) is 0 Å². The topological polar surface area (TPSA) is 32.3 Å². The van der Waals surface area contributed by atoms with Gasteiger partial charge in [-0.1, -0.05) is 33.6 Å². The lowest BCUT2D eigenvalue weighted by Crippen LogP contribution is -2.33. The highest BCUT2D eigenvalue weighted by Gasteiger charge is 2.20. The zero-order valence-corrected chi connectivity index (χ0v) is 11.7. The smallest absolute Gasteiger partial charge is 0.0755 e. The Morgan fingerprint density at radius 3 is 2.75 bits per heavy atom. The molecular formula is C13H27NOS. The van der Waals surface area contributed by atoms with Crippen LogP contribution in [-0.2, 0) is 0 Å². The Balaban J connectivity index is 2.08. The van der Waals surface area contributed by atoms with E-state index in [-0.39, 0.29) is 6.10 Å². The van der Waals surface area contributed by atoms with E-state index in [4.69, 9.17) is 0 Å². The lowest BCUT2D eigenvalue weighted by atomic mass is 9.91. The molecule has 0 spiro atoms. The molecule has 16 heavy (non-hydrogen) atoms. The Hall–Kier alpha value is 0.270. The third-order valence-electron chi connectivity index (χ3n) is 3.17. The van der Waals surface area contributed by atoms with Crippen molar-refractivity contribution < 1.29 is 5.11 Å². The first-order valence-electron chi connectivity index (χ1n) is 6.61. The highest BCUT2D eigenvalue weighted by molar-refractivity contribution is 7.99. The van der Waals surface area contributed by atoms with Crippen molar-refractivity contribution in [2.75, 3.05) is 12.3 Å². The lowest BCUT2D eigenvalue weighted by molar-refractivity contribution is 0.192. The zero-order valence-electron chi connectivity index (χ0n) is 10.9. The van der Waals surface area contributed by atoms with E-state index in [1.54, 1.807) is 0 Å². The van der Waals surface area contributed by atoms with E-state index in [2.05, 4.69) is 26.1 Å². The number of nitrogens with one attached hydrogen (secondary N) is 1. The standard InChI is InChI=1S/C13H27NOS/c1-10(2)14-8-12(15)9-16-13-6-4-5-11(3)7-13/h10-15H,4-9H2,1-3H3. The summed E-state index contributed by atoms with van der Waals surface area (Å²) in [5, 5.41) is 13.9. The zero-order chi connectivity index (χ0) is 12.0. The summed E-state index contributed by atoms with van der Waals surface area (Å²) < 4.78 is 0. The molecule has 3 heteroatoms. The normalized spacial score (nSPS) is 28.3. The van der Waals surface area contributed by atoms with Crippen LogP contribution in [-0.4, -0.2) is 34.8 Å². The van der Waals surface area contributed by atoms with E-state index in [1.165, 1.54) is 25.7 Å². The van der Waals surface area contributed by atoms with Crippen molar-refractivity contribution in [2.24, 2.45) is 5.92 Å². The Morgan fingerprint density at radius 1 is 1.38 bits per heavy atom. The Bertz CT molecular complexity index is 187. The van der Waals surface area contributed by atoms with E-state index in [9.17, 15) is 5.11 Å². The van der Waals surface area contributed by atoms with E-state index >= 15 is 0 Å². The third kappa shape index (κ3) is 6.12. The van der Waals surface area contributed by atoms with Crippen LogP contribution in [0, 0.1) is 5.92 Å². The average molecular weight is 245 g/mol. The molecule has 2 N–H and O–H groups in total. The molecule has 0 heterocycles. The molecule has 0 amide bonds. The van der Waals surface area contributed by atoms with Crippen LogP contribution >= 0.6 is 11.8 Å². The minimum atomic E-state index is -0.190. The largest absolute Gasteiger partial charge is 0.391 e. The maximum atomic E-state index is 9.81. The van der Waals surface area contributed by atoms with Gasteiger partial charge in [-0.15, -0.1) is 0 Å². The molecule has 0 aromatic rings. The van der Waals surface area contributed by atoms with Gasteiger partial charge in [0.05, 0.1) is 6.10 Å². The first kappa shape index (κ1) is 14.3. The summed E-state index contributed by atoms with van der Waals surface area (Å²) in [5.41, 5.74) is 0. The van der Waals surface area contributed by atoms with Crippen LogP contribution in [0.5, 0.6) is 0 Å². The summed E-state index contributed by atoms with van der Waals surface area (Å²) in [6.45, 7) is 7.31. The number of hydrogen-bond donors (Lipinski definition) is 2. The van der Waals surface area contributed by atoms with Crippen LogP contribution in [0.1, 0.15) is 46.5 Å². The van der Waals surface area contributed by atoms with E-state index in [1.807, 2.05) is 11.8 Å². The Labute approximate surface area is 105 Å². The predicted octanol–water partition coefficient (Wildman–Crippen LogP) is 2.66. The second kappa shape index (κ2) is 7.57. The van der Waals surface area contributed by atoms with Gasteiger partial charge in [0.1, 0.15) is 0 Å². The highest BCUT2D eigenvalue weighted by Crippen LogP contribution is 2.32. The SMILES string of the molecule is CC1CCCC(SCC(O)CNC(C)C)C1. The average Bonchev–Trinajstić information content (AvgIpc) is 2.23. The second-order valence-electron chi connectivity index (χ2n) is 5.44. The molecule has 0 radical (unpaired) electrons. The summed E-state index contributed by atoms with van der Waals surface area (Å²) in [6.07, 6.45) is 5.27. The summed E-state index contributed by atoms with van der Waals surface area (Å²) in [4.78, 5) is 0. The van der Waals surface area contributed by atoms with Crippen molar-refractivity contribution in [1.29, 1.82) is 0 Å². The fourth-order valence-electron chi connectivity index (χ4n) is 2.21. The molecule has 1 aliphatic rings. The van der Waals surface area contributed by atoms with Gasteiger partial charge in [0.25, 0.3) is 0 Å². The van der Waals surface area contributed by atoms with Gasteiger partial charge >= 0.3 is 0 Å². The van der Waals surface area contributed by atoms with Crippen molar-refractivity contribution in [2.45, 2.75) is 63.9 Å². The summed E-state index contributed by atoms with van der Waals surface area (Å²) in [7, 11) is 0. The van der Waals surface area contributed by atoms with Gasteiger partial charge in [0.15, 0.2) is 0 Å². The van der Waals surface area contributed by atoms with Gasteiger partial charge in [0, 0.05) is 23.6 Å². The monoisotopic (exact) mass is 245 g/mol. The minimum absolute atomic E-state index is 0.190. The van der Waals surface area contributed by atoms with Gasteiger partial charge in [-0.2, -0.15) is 11.8 Å². The van der Waals surface area contributed by atoms with E-state index < -0.39 is 0 Å². The van der Waals surface area contributed by atoms with Crippen LogP contribution in [0.4, 0.5) is 0 Å². The molecule has 0 aliphatic heterocycles. The number of thioether (sulfide) groups is 1.